The Bertz CT molecular complexity index is 381. The van der Waals surface area contributed by atoms with Gasteiger partial charge in [-0.15, -0.1) is 0 Å². The summed E-state index contributed by atoms with van der Waals surface area (Å²) in [5, 5.41) is 3.53. The largest absolute Gasteiger partial charge is 0.310 e. The third-order valence-corrected chi connectivity index (χ3v) is 2.80. The minimum Gasteiger partial charge on any atom is -0.310 e. The monoisotopic (exact) mass is 217 g/mol. The molecule has 1 fully saturated rings. The van der Waals surface area contributed by atoms with Crippen molar-refractivity contribution in [1.29, 1.82) is 0 Å². The molecule has 3 nitrogen and oxygen atoms in total. The van der Waals surface area contributed by atoms with Gasteiger partial charge in [0, 0.05) is 18.8 Å². The molecule has 1 aromatic heterocycles. The van der Waals surface area contributed by atoms with Crippen LogP contribution in [0, 0.1) is 6.92 Å². The van der Waals surface area contributed by atoms with Gasteiger partial charge in [-0.3, -0.25) is 0 Å². The van der Waals surface area contributed by atoms with Crippen LogP contribution in [0.2, 0.25) is 0 Å². The van der Waals surface area contributed by atoms with Crippen molar-refractivity contribution in [2.45, 2.75) is 39.2 Å². The smallest absolute Gasteiger partial charge is 0.125 e. The highest BCUT2D eigenvalue weighted by Gasteiger charge is 2.19. The fourth-order valence-electron chi connectivity index (χ4n) is 1.60. The lowest BCUT2D eigenvalue weighted by Crippen LogP contribution is -2.19. The van der Waals surface area contributed by atoms with E-state index in [0.29, 0.717) is 0 Å². The molecule has 1 aliphatic carbocycles. The number of nitrogens with zero attached hydrogens (tertiary/aromatic N) is 2. The van der Waals surface area contributed by atoms with Crippen molar-refractivity contribution in [3.8, 4) is 0 Å². The molecule has 0 aromatic carbocycles. The highest BCUT2D eigenvalue weighted by atomic mass is 14.9. The molecule has 0 unspecified atom stereocenters. The van der Waals surface area contributed by atoms with Gasteiger partial charge >= 0.3 is 0 Å². The lowest BCUT2D eigenvalue weighted by molar-refractivity contribution is 0.722. The Morgan fingerprint density at radius 2 is 2.38 bits per heavy atom. The summed E-state index contributed by atoms with van der Waals surface area (Å²) in [6.07, 6.45) is 7.73. The van der Waals surface area contributed by atoms with Crippen molar-refractivity contribution >= 4 is 6.08 Å². The Hall–Kier alpha value is -1.22. The average Bonchev–Trinajstić information content (AvgIpc) is 3.08. The van der Waals surface area contributed by atoms with Gasteiger partial charge in [0.2, 0.25) is 0 Å². The van der Waals surface area contributed by atoms with E-state index in [9.17, 15) is 0 Å². The topological polar surface area (TPSA) is 37.8 Å². The molecule has 1 saturated carbocycles. The summed E-state index contributed by atoms with van der Waals surface area (Å²) in [4.78, 5) is 8.49. The molecule has 86 valence electrons. The van der Waals surface area contributed by atoms with Gasteiger partial charge in [-0.2, -0.15) is 0 Å². The number of aromatic nitrogens is 2. The van der Waals surface area contributed by atoms with Crippen LogP contribution in [0.5, 0.6) is 0 Å². The average molecular weight is 217 g/mol. The molecule has 0 radical (unpaired) electrons. The second kappa shape index (κ2) is 5.21. The van der Waals surface area contributed by atoms with Crippen LogP contribution in [0.1, 0.15) is 37.7 Å². The number of hydrogen-bond acceptors (Lipinski definition) is 3. The molecule has 2 rings (SSSR count). The zero-order valence-electron chi connectivity index (χ0n) is 10.0. The number of nitrogens with one attached hydrogen (secondary N) is 1. The molecule has 1 aromatic rings. The maximum absolute atomic E-state index is 4.39. The lowest BCUT2D eigenvalue weighted by Gasteiger charge is -2.06. The molecule has 0 bridgehead atoms. The molecule has 0 atom stereocenters. The number of hydrogen-bond donors (Lipinski definition) is 1. The SMILES string of the molecule is CC/C(=C/c1ccnc(C)n1)CNC1CC1. The molecule has 1 N–H and O–H groups in total. The first-order chi connectivity index (χ1) is 7.78. The van der Waals surface area contributed by atoms with Gasteiger partial charge in [-0.1, -0.05) is 12.5 Å². The Labute approximate surface area is 97.0 Å². The van der Waals surface area contributed by atoms with Crippen molar-refractivity contribution in [2.75, 3.05) is 6.54 Å². The fourth-order valence-corrected chi connectivity index (χ4v) is 1.60. The van der Waals surface area contributed by atoms with Gasteiger partial charge < -0.3 is 5.32 Å². The molecule has 0 saturated heterocycles. The van der Waals surface area contributed by atoms with E-state index < -0.39 is 0 Å². The summed E-state index contributed by atoms with van der Waals surface area (Å²) >= 11 is 0. The van der Waals surface area contributed by atoms with Crippen LogP contribution >= 0.6 is 0 Å². The van der Waals surface area contributed by atoms with E-state index in [4.69, 9.17) is 0 Å². The fraction of sp³-hybridized carbons (Fsp3) is 0.538. The number of aryl methyl sites for hydroxylation is 1. The van der Waals surface area contributed by atoms with Gasteiger partial charge in [0.05, 0.1) is 5.69 Å². The zero-order chi connectivity index (χ0) is 11.4. The van der Waals surface area contributed by atoms with Crippen LogP contribution in [0.25, 0.3) is 6.08 Å². The van der Waals surface area contributed by atoms with E-state index in [1.165, 1.54) is 18.4 Å². The molecular weight excluding hydrogens is 198 g/mol. The van der Waals surface area contributed by atoms with E-state index in [1.54, 1.807) is 0 Å². The second-order valence-electron chi connectivity index (χ2n) is 4.34. The first kappa shape index (κ1) is 11.3. The highest BCUT2D eigenvalue weighted by molar-refractivity contribution is 5.48. The molecular formula is C13H19N3. The summed E-state index contributed by atoms with van der Waals surface area (Å²) < 4.78 is 0. The Balaban J connectivity index is 2.00. The molecule has 0 aliphatic heterocycles. The predicted molar refractivity (Wildman–Crippen MR) is 66.1 cm³/mol. The molecule has 0 amide bonds. The van der Waals surface area contributed by atoms with E-state index >= 15 is 0 Å². The van der Waals surface area contributed by atoms with Crippen molar-refractivity contribution < 1.29 is 0 Å². The molecule has 1 aliphatic rings. The lowest BCUT2D eigenvalue weighted by atomic mass is 10.1. The third-order valence-electron chi connectivity index (χ3n) is 2.80. The maximum Gasteiger partial charge on any atom is 0.125 e. The Morgan fingerprint density at radius 1 is 1.56 bits per heavy atom. The first-order valence-electron chi connectivity index (χ1n) is 6.00. The first-order valence-corrected chi connectivity index (χ1v) is 6.00. The van der Waals surface area contributed by atoms with Gasteiger partial charge in [-0.05, 0) is 38.3 Å². The minimum atomic E-state index is 0.766. The van der Waals surface area contributed by atoms with Gasteiger partial charge in [0.25, 0.3) is 0 Å². The van der Waals surface area contributed by atoms with E-state index in [0.717, 1.165) is 30.5 Å². The zero-order valence-corrected chi connectivity index (χ0v) is 10.0. The van der Waals surface area contributed by atoms with Gasteiger partial charge in [0.15, 0.2) is 0 Å². The van der Waals surface area contributed by atoms with Crippen molar-refractivity contribution in [2.24, 2.45) is 0 Å². The van der Waals surface area contributed by atoms with Crippen molar-refractivity contribution in [1.82, 2.24) is 15.3 Å². The Kier molecular flexibility index (Phi) is 3.67. The summed E-state index contributed by atoms with van der Waals surface area (Å²) in [6, 6.07) is 2.72. The van der Waals surface area contributed by atoms with Crippen molar-refractivity contribution in [3.05, 3.63) is 29.4 Å². The quantitative estimate of drug-likeness (QED) is 0.822. The summed E-state index contributed by atoms with van der Waals surface area (Å²) in [5.41, 5.74) is 2.42. The predicted octanol–water partition coefficient (Wildman–Crippen LogP) is 2.33. The van der Waals surface area contributed by atoms with Crippen molar-refractivity contribution in [3.63, 3.8) is 0 Å². The van der Waals surface area contributed by atoms with Crippen LogP contribution in [0.4, 0.5) is 0 Å². The van der Waals surface area contributed by atoms with Crippen LogP contribution in [0.3, 0.4) is 0 Å². The summed E-state index contributed by atoms with van der Waals surface area (Å²) in [5.74, 6) is 0.833. The summed E-state index contributed by atoms with van der Waals surface area (Å²) in [7, 11) is 0. The van der Waals surface area contributed by atoms with E-state index in [1.807, 2.05) is 19.2 Å². The maximum atomic E-state index is 4.39. The Morgan fingerprint density at radius 3 is 3.00 bits per heavy atom. The van der Waals surface area contributed by atoms with Crippen LogP contribution < -0.4 is 5.32 Å². The second-order valence-corrected chi connectivity index (χ2v) is 4.34. The molecule has 3 heteroatoms. The molecule has 1 heterocycles. The van der Waals surface area contributed by atoms with Crippen LogP contribution in [-0.4, -0.2) is 22.6 Å². The van der Waals surface area contributed by atoms with Gasteiger partial charge in [-0.25, -0.2) is 9.97 Å². The molecule has 0 spiro atoms. The summed E-state index contributed by atoms with van der Waals surface area (Å²) in [6.45, 7) is 5.10. The third kappa shape index (κ3) is 3.42. The minimum absolute atomic E-state index is 0.766. The van der Waals surface area contributed by atoms with E-state index in [2.05, 4.69) is 28.3 Å². The normalized spacial score (nSPS) is 16.5. The van der Waals surface area contributed by atoms with Gasteiger partial charge in [0.1, 0.15) is 5.82 Å². The standard InChI is InChI=1S/C13H19N3/c1-3-11(9-15-12-4-5-12)8-13-6-7-14-10(2)16-13/h6-8,12,15H,3-5,9H2,1-2H3/b11-8-. The highest BCUT2D eigenvalue weighted by Crippen LogP contribution is 2.19. The number of rotatable bonds is 5. The van der Waals surface area contributed by atoms with E-state index in [-0.39, 0.29) is 0 Å². The molecule has 16 heavy (non-hydrogen) atoms. The van der Waals surface area contributed by atoms with Crippen LogP contribution in [-0.2, 0) is 0 Å². The van der Waals surface area contributed by atoms with Crippen LogP contribution in [0.15, 0.2) is 17.8 Å².